The van der Waals surface area contributed by atoms with E-state index in [1.165, 1.54) is 82.3 Å². The first-order valence-electron chi connectivity index (χ1n) is 16.5. The van der Waals surface area contributed by atoms with E-state index in [4.69, 9.17) is 0 Å². The Morgan fingerprint density at radius 3 is 1.58 bits per heavy atom. The number of nitrogens with zero attached hydrogens (tertiary/aromatic N) is 2. The zero-order chi connectivity index (χ0) is 31.6. The van der Waals surface area contributed by atoms with Crippen LogP contribution in [0.15, 0.2) is 182 Å². The highest BCUT2D eigenvalue weighted by molar-refractivity contribution is 6.12. The average Bonchev–Trinajstić information content (AvgIpc) is 3.67. The fourth-order valence-corrected chi connectivity index (χ4v) is 7.70. The van der Waals surface area contributed by atoms with E-state index in [1.54, 1.807) is 0 Å². The highest BCUT2D eigenvalue weighted by Gasteiger charge is 2.16. The number of fused-ring (bicyclic) bond motifs is 7. The fraction of sp³-hybridized carbons (Fsp3) is 0. The summed E-state index contributed by atoms with van der Waals surface area (Å²) in [6, 6.07) is 66.2. The SMILES string of the molecule is c1ccc(-n2c3ccccc3c3cc(-c4ccc5c6ccccc6n(-c6ccc(-c7cccc8ccccc78)cc6)c5c4)ccc32)cc1. The van der Waals surface area contributed by atoms with E-state index in [9.17, 15) is 0 Å². The second-order valence-corrected chi connectivity index (χ2v) is 12.6. The highest BCUT2D eigenvalue weighted by Crippen LogP contribution is 2.38. The van der Waals surface area contributed by atoms with Crippen molar-refractivity contribution >= 4 is 54.4 Å². The van der Waals surface area contributed by atoms with Gasteiger partial charge in [0.2, 0.25) is 0 Å². The van der Waals surface area contributed by atoms with E-state index in [2.05, 4.69) is 191 Å². The van der Waals surface area contributed by atoms with Gasteiger partial charge in [-0.05, 0) is 87.6 Å². The maximum absolute atomic E-state index is 2.42. The lowest BCUT2D eigenvalue weighted by atomic mass is 9.98. The molecule has 0 spiro atoms. The Balaban J connectivity index is 1.14. The summed E-state index contributed by atoms with van der Waals surface area (Å²) in [5.41, 5.74) is 12.1. The van der Waals surface area contributed by atoms with Crippen LogP contribution in [0.25, 0.3) is 88.0 Å². The highest BCUT2D eigenvalue weighted by atomic mass is 15.0. The van der Waals surface area contributed by atoms with Gasteiger partial charge in [-0.15, -0.1) is 0 Å². The lowest BCUT2D eigenvalue weighted by molar-refractivity contribution is 1.18. The van der Waals surface area contributed by atoms with Crippen LogP contribution >= 0.6 is 0 Å². The van der Waals surface area contributed by atoms with Crippen LogP contribution in [0.1, 0.15) is 0 Å². The molecule has 0 amide bonds. The van der Waals surface area contributed by atoms with Gasteiger partial charge >= 0.3 is 0 Å². The van der Waals surface area contributed by atoms with Crippen LogP contribution in [-0.2, 0) is 0 Å². The molecule has 2 aromatic heterocycles. The lowest BCUT2D eigenvalue weighted by Gasteiger charge is -2.12. The number of rotatable bonds is 4. The Morgan fingerprint density at radius 1 is 0.271 bits per heavy atom. The van der Waals surface area contributed by atoms with Crippen molar-refractivity contribution in [1.82, 2.24) is 9.13 Å². The number of para-hydroxylation sites is 3. The fourth-order valence-electron chi connectivity index (χ4n) is 7.70. The minimum atomic E-state index is 1.16. The van der Waals surface area contributed by atoms with Gasteiger partial charge in [0.25, 0.3) is 0 Å². The molecule has 48 heavy (non-hydrogen) atoms. The van der Waals surface area contributed by atoms with E-state index in [0.29, 0.717) is 0 Å². The monoisotopic (exact) mass is 610 g/mol. The van der Waals surface area contributed by atoms with Gasteiger partial charge in [-0.2, -0.15) is 0 Å². The van der Waals surface area contributed by atoms with Crippen LogP contribution in [0, 0.1) is 0 Å². The molecule has 0 unspecified atom stereocenters. The molecule has 0 atom stereocenters. The Kier molecular flexibility index (Phi) is 5.91. The topological polar surface area (TPSA) is 9.86 Å². The molecule has 0 saturated carbocycles. The van der Waals surface area contributed by atoms with Gasteiger partial charge in [0, 0.05) is 32.9 Å². The Morgan fingerprint density at radius 2 is 0.792 bits per heavy atom. The predicted octanol–water partition coefficient (Wildman–Crippen LogP) is 12.4. The molecule has 0 aliphatic rings. The molecule has 10 aromatic rings. The normalized spacial score (nSPS) is 11.8. The van der Waals surface area contributed by atoms with Crippen LogP contribution in [-0.4, -0.2) is 9.13 Å². The van der Waals surface area contributed by atoms with Crippen molar-refractivity contribution in [2.24, 2.45) is 0 Å². The first-order valence-corrected chi connectivity index (χ1v) is 16.5. The molecule has 10 rings (SSSR count). The first kappa shape index (κ1) is 26.8. The van der Waals surface area contributed by atoms with Gasteiger partial charge in [-0.1, -0.05) is 127 Å². The van der Waals surface area contributed by atoms with Crippen LogP contribution in [0.3, 0.4) is 0 Å². The largest absolute Gasteiger partial charge is 0.309 e. The van der Waals surface area contributed by atoms with Crippen LogP contribution in [0.5, 0.6) is 0 Å². The van der Waals surface area contributed by atoms with E-state index in [-0.39, 0.29) is 0 Å². The number of aromatic nitrogens is 2. The molecule has 0 aliphatic heterocycles. The maximum atomic E-state index is 2.42. The summed E-state index contributed by atoms with van der Waals surface area (Å²) in [6.45, 7) is 0. The van der Waals surface area contributed by atoms with E-state index in [0.717, 1.165) is 5.69 Å². The summed E-state index contributed by atoms with van der Waals surface area (Å²) in [6.07, 6.45) is 0. The predicted molar refractivity (Wildman–Crippen MR) is 203 cm³/mol. The van der Waals surface area contributed by atoms with Gasteiger partial charge in [0.05, 0.1) is 22.1 Å². The minimum absolute atomic E-state index is 1.16. The van der Waals surface area contributed by atoms with Crippen molar-refractivity contribution in [3.63, 3.8) is 0 Å². The van der Waals surface area contributed by atoms with Crippen molar-refractivity contribution in [2.45, 2.75) is 0 Å². The molecule has 0 bridgehead atoms. The molecular weight excluding hydrogens is 581 g/mol. The standard InChI is InChI=1S/C46H30N2/c1-2-13-35(14-3-1)47-44-20-9-7-17-40(44)42-29-33(24-28-45(42)47)34-23-27-41-39-16-6-8-19-43(39)48(46(41)30-34)36-25-21-32(22-26-36)38-18-10-12-31-11-4-5-15-37(31)38/h1-30H. The van der Waals surface area contributed by atoms with E-state index < -0.39 is 0 Å². The smallest absolute Gasteiger partial charge is 0.0547 e. The number of hydrogen-bond donors (Lipinski definition) is 0. The van der Waals surface area contributed by atoms with Crippen molar-refractivity contribution in [2.75, 3.05) is 0 Å². The van der Waals surface area contributed by atoms with Crippen molar-refractivity contribution in [3.05, 3.63) is 182 Å². The van der Waals surface area contributed by atoms with Gasteiger partial charge in [-0.3, -0.25) is 0 Å². The van der Waals surface area contributed by atoms with E-state index >= 15 is 0 Å². The maximum Gasteiger partial charge on any atom is 0.0547 e. The summed E-state index contributed by atoms with van der Waals surface area (Å²) < 4.78 is 4.79. The third-order valence-electron chi connectivity index (χ3n) is 9.92. The van der Waals surface area contributed by atoms with Gasteiger partial charge < -0.3 is 9.13 Å². The number of benzene rings is 8. The minimum Gasteiger partial charge on any atom is -0.309 e. The van der Waals surface area contributed by atoms with Crippen LogP contribution in [0.4, 0.5) is 0 Å². The third kappa shape index (κ3) is 4.06. The zero-order valence-corrected chi connectivity index (χ0v) is 26.2. The molecular formula is C46H30N2. The summed E-state index contributed by atoms with van der Waals surface area (Å²) in [5.74, 6) is 0. The molecule has 2 nitrogen and oxygen atoms in total. The molecule has 0 saturated heterocycles. The molecule has 0 fully saturated rings. The lowest BCUT2D eigenvalue weighted by Crippen LogP contribution is -1.94. The summed E-state index contributed by atoms with van der Waals surface area (Å²) in [7, 11) is 0. The summed E-state index contributed by atoms with van der Waals surface area (Å²) in [5, 5.41) is 7.58. The average molecular weight is 611 g/mol. The van der Waals surface area contributed by atoms with Crippen molar-refractivity contribution < 1.29 is 0 Å². The Bertz CT molecular complexity index is 2810. The summed E-state index contributed by atoms with van der Waals surface area (Å²) >= 11 is 0. The van der Waals surface area contributed by atoms with Crippen LogP contribution < -0.4 is 0 Å². The molecule has 0 aliphatic carbocycles. The third-order valence-corrected chi connectivity index (χ3v) is 9.92. The quantitative estimate of drug-likeness (QED) is 0.188. The Labute approximate surface area is 278 Å². The van der Waals surface area contributed by atoms with Crippen molar-refractivity contribution in [3.8, 4) is 33.6 Å². The molecule has 8 aromatic carbocycles. The molecule has 2 heteroatoms. The van der Waals surface area contributed by atoms with Gasteiger partial charge in [-0.25, -0.2) is 0 Å². The zero-order valence-electron chi connectivity index (χ0n) is 26.2. The van der Waals surface area contributed by atoms with Gasteiger partial charge in [0.15, 0.2) is 0 Å². The van der Waals surface area contributed by atoms with Crippen molar-refractivity contribution in [1.29, 1.82) is 0 Å². The van der Waals surface area contributed by atoms with Gasteiger partial charge in [0.1, 0.15) is 0 Å². The Hall–Kier alpha value is -6.38. The molecule has 224 valence electrons. The molecule has 0 radical (unpaired) electrons. The summed E-state index contributed by atoms with van der Waals surface area (Å²) in [4.78, 5) is 0. The molecule has 2 heterocycles. The molecule has 0 N–H and O–H groups in total. The second-order valence-electron chi connectivity index (χ2n) is 12.6. The van der Waals surface area contributed by atoms with E-state index in [1.807, 2.05) is 0 Å². The number of hydrogen-bond acceptors (Lipinski definition) is 0. The first-order chi connectivity index (χ1) is 23.8. The van der Waals surface area contributed by atoms with Crippen LogP contribution in [0.2, 0.25) is 0 Å². The second kappa shape index (κ2) is 10.6.